The Kier molecular flexibility index (Phi) is 4.35. The molecule has 2 rings (SSSR count). The molecule has 3 nitrogen and oxygen atoms in total. The van der Waals surface area contributed by atoms with Crippen LogP contribution in [0.2, 0.25) is 0 Å². The van der Waals surface area contributed by atoms with Crippen LogP contribution in [-0.4, -0.2) is 28.4 Å². The van der Waals surface area contributed by atoms with Gasteiger partial charge in [0.25, 0.3) is 0 Å². The van der Waals surface area contributed by atoms with E-state index in [1.807, 2.05) is 18.0 Å². The molecule has 0 N–H and O–H groups in total. The van der Waals surface area contributed by atoms with E-state index in [2.05, 4.69) is 23.7 Å². The molecule has 1 amide bonds. The fourth-order valence-electron chi connectivity index (χ4n) is 2.74. The van der Waals surface area contributed by atoms with Gasteiger partial charge in [-0.3, -0.25) is 9.78 Å². The van der Waals surface area contributed by atoms with Crippen molar-refractivity contribution in [3.63, 3.8) is 0 Å². The van der Waals surface area contributed by atoms with Crippen LogP contribution in [0.4, 0.5) is 0 Å². The third-order valence-electron chi connectivity index (χ3n) is 3.73. The van der Waals surface area contributed by atoms with Crippen molar-refractivity contribution in [3.05, 3.63) is 41.7 Å². The van der Waals surface area contributed by atoms with E-state index in [4.69, 9.17) is 0 Å². The highest BCUT2D eigenvalue weighted by Gasteiger charge is 2.28. The number of carbonyl (C=O) groups is 1. The number of hydrogen-bond acceptors (Lipinski definition) is 2. The van der Waals surface area contributed by atoms with Gasteiger partial charge in [-0.2, -0.15) is 0 Å². The summed E-state index contributed by atoms with van der Waals surface area (Å²) in [5, 5.41) is 0. The lowest BCUT2D eigenvalue weighted by molar-refractivity contribution is -0.127. The zero-order valence-corrected chi connectivity index (χ0v) is 11.9. The summed E-state index contributed by atoms with van der Waals surface area (Å²) < 4.78 is 0. The number of amides is 1. The van der Waals surface area contributed by atoms with E-state index >= 15 is 0 Å². The number of nitrogens with zero attached hydrogens (tertiary/aromatic N) is 2. The molecule has 1 saturated heterocycles. The first kappa shape index (κ1) is 13.8. The Morgan fingerprint density at radius 2 is 2.37 bits per heavy atom. The van der Waals surface area contributed by atoms with Gasteiger partial charge >= 0.3 is 0 Å². The maximum absolute atomic E-state index is 12.0. The van der Waals surface area contributed by atoms with Crippen LogP contribution < -0.4 is 0 Å². The van der Waals surface area contributed by atoms with Gasteiger partial charge in [0, 0.05) is 30.1 Å². The molecule has 1 aliphatic heterocycles. The van der Waals surface area contributed by atoms with Gasteiger partial charge in [0.1, 0.15) is 0 Å². The monoisotopic (exact) mass is 258 g/mol. The number of hydrogen-bond donors (Lipinski definition) is 0. The van der Waals surface area contributed by atoms with Crippen molar-refractivity contribution < 1.29 is 4.79 Å². The first-order valence-corrected chi connectivity index (χ1v) is 6.96. The molecule has 1 unspecified atom stereocenters. The minimum atomic E-state index is 0.119. The second kappa shape index (κ2) is 6.00. The van der Waals surface area contributed by atoms with Gasteiger partial charge in [0.05, 0.1) is 0 Å². The van der Waals surface area contributed by atoms with Crippen LogP contribution >= 0.6 is 0 Å². The van der Waals surface area contributed by atoms with E-state index in [0.29, 0.717) is 11.6 Å². The normalized spacial score (nSPS) is 18.6. The molecule has 1 fully saturated rings. The highest BCUT2D eigenvalue weighted by Crippen LogP contribution is 2.23. The van der Waals surface area contributed by atoms with Crippen molar-refractivity contribution in [2.45, 2.75) is 45.6 Å². The Balaban J connectivity index is 1.95. The van der Waals surface area contributed by atoms with Crippen LogP contribution in [0.3, 0.4) is 0 Å². The molecule has 0 aromatic carbocycles. The number of aromatic nitrogens is 1. The molecule has 0 bridgehead atoms. The number of likely N-dealkylation sites (tertiary alicyclic amines) is 1. The largest absolute Gasteiger partial charge is 0.336 e. The molecular weight excluding hydrogens is 236 g/mol. The fourth-order valence-corrected chi connectivity index (χ4v) is 2.74. The van der Waals surface area contributed by atoms with Crippen molar-refractivity contribution in [1.82, 2.24) is 9.88 Å². The van der Waals surface area contributed by atoms with E-state index in [-0.39, 0.29) is 5.91 Å². The SMILES string of the molecule is C=C(C)C(=O)N1CCCC1CCc1ccnc(C)c1. The zero-order valence-electron chi connectivity index (χ0n) is 11.9. The summed E-state index contributed by atoms with van der Waals surface area (Å²) in [6.07, 6.45) is 6.12. The van der Waals surface area contributed by atoms with Gasteiger partial charge in [-0.25, -0.2) is 0 Å². The second-order valence-corrected chi connectivity index (χ2v) is 5.42. The van der Waals surface area contributed by atoms with E-state index in [0.717, 1.165) is 37.9 Å². The van der Waals surface area contributed by atoms with Gasteiger partial charge in [0.15, 0.2) is 0 Å². The summed E-state index contributed by atoms with van der Waals surface area (Å²) >= 11 is 0. The molecule has 1 atom stereocenters. The van der Waals surface area contributed by atoms with Crippen LogP contribution in [0.15, 0.2) is 30.5 Å². The Morgan fingerprint density at radius 1 is 1.58 bits per heavy atom. The Bertz CT molecular complexity index is 481. The predicted octanol–water partition coefficient (Wildman–Crippen LogP) is 2.89. The zero-order chi connectivity index (χ0) is 13.8. The van der Waals surface area contributed by atoms with Gasteiger partial charge in [0.2, 0.25) is 5.91 Å². The predicted molar refractivity (Wildman–Crippen MR) is 76.8 cm³/mol. The van der Waals surface area contributed by atoms with Crippen LogP contribution in [0.1, 0.15) is 37.4 Å². The van der Waals surface area contributed by atoms with Crippen molar-refractivity contribution >= 4 is 5.91 Å². The Hall–Kier alpha value is -1.64. The minimum Gasteiger partial charge on any atom is -0.336 e. The van der Waals surface area contributed by atoms with E-state index < -0.39 is 0 Å². The molecule has 0 radical (unpaired) electrons. The van der Waals surface area contributed by atoms with Crippen molar-refractivity contribution in [3.8, 4) is 0 Å². The van der Waals surface area contributed by atoms with Gasteiger partial charge < -0.3 is 4.90 Å². The minimum absolute atomic E-state index is 0.119. The molecule has 1 aliphatic rings. The summed E-state index contributed by atoms with van der Waals surface area (Å²) in [7, 11) is 0. The number of rotatable bonds is 4. The molecular formula is C16H22N2O. The number of aryl methyl sites for hydroxylation is 2. The van der Waals surface area contributed by atoms with E-state index in [9.17, 15) is 4.79 Å². The van der Waals surface area contributed by atoms with Crippen LogP contribution in [0, 0.1) is 6.92 Å². The smallest absolute Gasteiger partial charge is 0.249 e. The average Bonchev–Trinajstić information content (AvgIpc) is 2.83. The topological polar surface area (TPSA) is 33.2 Å². The van der Waals surface area contributed by atoms with Crippen molar-refractivity contribution in [2.75, 3.05) is 6.54 Å². The standard InChI is InChI=1S/C16H22N2O/c1-12(2)16(19)18-10-4-5-15(18)7-6-14-8-9-17-13(3)11-14/h8-9,11,15H,1,4-7,10H2,2-3H3. The number of pyridine rings is 1. The molecule has 19 heavy (non-hydrogen) atoms. The van der Waals surface area contributed by atoms with Gasteiger partial charge in [-0.1, -0.05) is 6.58 Å². The lowest BCUT2D eigenvalue weighted by atomic mass is 10.0. The molecule has 2 heterocycles. The van der Waals surface area contributed by atoms with E-state index in [1.54, 1.807) is 6.92 Å². The van der Waals surface area contributed by atoms with Crippen molar-refractivity contribution in [2.24, 2.45) is 0 Å². The first-order chi connectivity index (χ1) is 9.08. The lowest BCUT2D eigenvalue weighted by Gasteiger charge is -2.25. The maximum Gasteiger partial charge on any atom is 0.249 e. The first-order valence-electron chi connectivity index (χ1n) is 6.96. The summed E-state index contributed by atoms with van der Waals surface area (Å²) in [4.78, 5) is 18.2. The van der Waals surface area contributed by atoms with Crippen LogP contribution in [0.5, 0.6) is 0 Å². The fraction of sp³-hybridized carbons (Fsp3) is 0.500. The van der Waals surface area contributed by atoms with Crippen LogP contribution in [0.25, 0.3) is 0 Å². The molecule has 1 aromatic rings. The second-order valence-electron chi connectivity index (χ2n) is 5.42. The molecule has 0 spiro atoms. The van der Waals surface area contributed by atoms with Crippen LogP contribution in [-0.2, 0) is 11.2 Å². The third kappa shape index (κ3) is 3.43. The van der Waals surface area contributed by atoms with Gasteiger partial charge in [-0.15, -0.1) is 0 Å². The summed E-state index contributed by atoms with van der Waals surface area (Å²) in [6.45, 7) is 8.45. The Morgan fingerprint density at radius 3 is 3.05 bits per heavy atom. The quantitative estimate of drug-likeness (QED) is 0.778. The summed E-state index contributed by atoms with van der Waals surface area (Å²) in [6, 6.07) is 4.56. The Labute approximate surface area is 115 Å². The summed E-state index contributed by atoms with van der Waals surface area (Å²) in [5.74, 6) is 0.119. The maximum atomic E-state index is 12.0. The molecule has 102 valence electrons. The highest BCUT2D eigenvalue weighted by atomic mass is 16.2. The third-order valence-corrected chi connectivity index (χ3v) is 3.73. The number of carbonyl (C=O) groups excluding carboxylic acids is 1. The average molecular weight is 258 g/mol. The molecule has 1 aromatic heterocycles. The van der Waals surface area contributed by atoms with E-state index in [1.165, 1.54) is 5.56 Å². The molecule has 3 heteroatoms. The highest BCUT2D eigenvalue weighted by molar-refractivity contribution is 5.92. The molecule has 0 aliphatic carbocycles. The van der Waals surface area contributed by atoms with Gasteiger partial charge in [-0.05, 0) is 57.2 Å². The van der Waals surface area contributed by atoms with Crippen molar-refractivity contribution in [1.29, 1.82) is 0 Å². The molecule has 0 saturated carbocycles. The lowest BCUT2D eigenvalue weighted by Crippen LogP contribution is -2.36. The summed E-state index contributed by atoms with van der Waals surface area (Å²) in [5.41, 5.74) is 3.01.